The van der Waals surface area contributed by atoms with Crippen LogP contribution in [0.3, 0.4) is 0 Å². The molecule has 10 N–H and O–H groups in total. The van der Waals surface area contributed by atoms with Crippen molar-refractivity contribution in [1.82, 2.24) is 20.6 Å². The average molecular weight is 1120 g/mol. The third kappa shape index (κ3) is 41.6. The van der Waals surface area contributed by atoms with Gasteiger partial charge in [0.05, 0.1) is 63.3 Å². The number of unbranched alkanes of at least 4 members (excludes halogenated alkanes) is 14. The van der Waals surface area contributed by atoms with Gasteiger partial charge in [0.1, 0.15) is 30.6 Å². The van der Waals surface area contributed by atoms with E-state index in [1.165, 1.54) is 58.2 Å². The second kappa shape index (κ2) is 47.8. The molecule has 0 unspecified atom stereocenters. The number of primary amides is 1. The number of hydrogen-bond acceptors (Lipinski definition) is 16. The zero-order chi connectivity index (χ0) is 58.3. The van der Waals surface area contributed by atoms with Crippen LogP contribution in [0.25, 0.3) is 0 Å². The van der Waals surface area contributed by atoms with Crippen LogP contribution < -0.4 is 22.1 Å². The van der Waals surface area contributed by atoms with Crippen molar-refractivity contribution in [2.75, 3.05) is 65.9 Å². The minimum Gasteiger partial charge on any atom is -0.481 e. The average Bonchev–Trinajstić information content (AvgIpc) is 3.92. The van der Waals surface area contributed by atoms with Crippen LogP contribution in [-0.4, -0.2) is 156 Å². The number of aliphatic hydroxyl groups excluding tert-OH is 1. The molecule has 0 spiro atoms. The summed E-state index contributed by atoms with van der Waals surface area (Å²) in [5, 5.41) is 33.7. The van der Waals surface area contributed by atoms with Crippen molar-refractivity contribution in [3.8, 4) is 0 Å². The number of aromatic amines is 1. The summed E-state index contributed by atoms with van der Waals surface area (Å²) in [5.74, 6) is -5.87. The smallest absolute Gasteiger partial charge is 0.306 e. The van der Waals surface area contributed by atoms with E-state index in [1.807, 2.05) is 0 Å². The Bertz CT molecular complexity index is 1850. The van der Waals surface area contributed by atoms with Crippen LogP contribution >= 0.6 is 0 Å². The van der Waals surface area contributed by atoms with Crippen molar-refractivity contribution in [2.24, 2.45) is 29.2 Å². The number of rotatable bonds is 57. The summed E-state index contributed by atoms with van der Waals surface area (Å²) in [6, 6.07) is -0.753. The number of carboxylic acid groups (broad SMARTS) is 2. The molecule has 3 amide bonds. The summed E-state index contributed by atoms with van der Waals surface area (Å²) >= 11 is 0. The Balaban J connectivity index is 2.06. The molecule has 5 atom stereocenters. The first-order valence-electron chi connectivity index (χ1n) is 29.1. The Labute approximate surface area is 468 Å². The van der Waals surface area contributed by atoms with Gasteiger partial charge in [0, 0.05) is 88.9 Å². The third-order valence-corrected chi connectivity index (χ3v) is 13.7. The number of ketones is 4. The molecule has 0 aliphatic rings. The number of carbonyl (C=O) groups excluding carboxylic acids is 7. The maximum Gasteiger partial charge on any atom is 0.306 e. The number of aliphatic hydroxyl groups is 1. The van der Waals surface area contributed by atoms with E-state index in [0.717, 1.165) is 50.6 Å². The molecule has 1 heterocycles. The first kappa shape index (κ1) is 72.0. The molecule has 1 aromatic rings. The summed E-state index contributed by atoms with van der Waals surface area (Å²) in [4.78, 5) is 116. The molecule has 0 radical (unpaired) electrons. The Morgan fingerprint density at radius 3 is 1.68 bits per heavy atom. The van der Waals surface area contributed by atoms with Crippen LogP contribution in [0.5, 0.6) is 0 Å². The number of Topliss-reactive ketones (excluding diaryl/α,β-unsaturated/α-hetero) is 4. The van der Waals surface area contributed by atoms with Crippen LogP contribution in [-0.2, 0) is 68.5 Å². The number of imidazole rings is 1. The highest BCUT2D eigenvalue weighted by Gasteiger charge is 2.27. The summed E-state index contributed by atoms with van der Waals surface area (Å²) in [7, 11) is 0. The SMILES string of the molecule is C[C@@H](O)[C@H](CCC(=O)[C@H](CCCCNC(=O)COCCOCCCC(=O)COCCOCCNC(=O)CC[C@H](CC(=O)CCCCCCCCCCCCCCCCC(=O)O)C(=O)O)CCC(=O)[C@@H](N)Cc1cnc[nH]1)C(N)=O. The Hall–Kier alpha value is -5.00. The number of nitrogens with zero attached hydrogens (tertiary/aromatic N) is 1. The van der Waals surface area contributed by atoms with Gasteiger partial charge >= 0.3 is 11.9 Å². The van der Waals surface area contributed by atoms with Gasteiger partial charge in [-0.15, -0.1) is 0 Å². The van der Waals surface area contributed by atoms with Gasteiger partial charge in [-0.25, -0.2) is 4.98 Å². The van der Waals surface area contributed by atoms with Gasteiger partial charge in [-0.1, -0.05) is 83.5 Å². The van der Waals surface area contributed by atoms with Gasteiger partial charge in [-0.2, -0.15) is 0 Å². The Morgan fingerprint density at radius 2 is 1.10 bits per heavy atom. The molecule has 0 saturated heterocycles. The zero-order valence-electron chi connectivity index (χ0n) is 47.4. The van der Waals surface area contributed by atoms with E-state index in [2.05, 4.69) is 20.6 Å². The van der Waals surface area contributed by atoms with Gasteiger partial charge in [0.15, 0.2) is 5.78 Å². The molecule has 1 aromatic heterocycles. The lowest BCUT2D eigenvalue weighted by molar-refractivity contribution is -0.144. The number of ether oxygens (including phenoxy) is 4. The molecule has 0 aliphatic carbocycles. The number of amides is 3. The first-order valence-corrected chi connectivity index (χ1v) is 29.1. The molecule has 0 bridgehead atoms. The van der Waals surface area contributed by atoms with E-state index < -0.39 is 47.7 Å². The fourth-order valence-electron chi connectivity index (χ4n) is 8.93. The maximum absolute atomic E-state index is 13.2. The number of aromatic nitrogens is 2. The van der Waals surface area contributed by atoms with Gasteiger partial charge in [-0.05, 0) is 58.3 Å². The van der Waals surface area contributed by atoms with Gasteiger partial charge in [0.2, 0.25) is 17.7 Å². The predicted molar refractivity (Wildman–Crippen MR) is 295 cm³/mol. The number of nitrogens with one attached hydrogen (secondary N) is 3. The molecular weight excluding hydrogens is 1020 g/mol. The highest BCUT2D eigenvalue weighted by Crippen LogP contribution is 2.23. The highest BCUT2D eigenvalue weighted by atomic mass is 16.5. The molecular formula is C57H98N6O16. The largest absolute Gasteiger partial charge is 0.481 e. The Morgan fingerprint density at radius 1 is 0.557 bits per heavy atom. The van der Waals surface area contributed by atoms with Crippen LogP contribution in [0, 0.1) is 17.8 Å². The normalized spacial score (nSPS) is 13.3. The Kier molecular flexibility index (Phi) is 43.6. The number of carbonyl (C=O) groups is 9. The number of H-pyrrole nitrogens is 1. The standard InChI is InChI=1S/C57H98N6O16/c1-43(64)49(56(59)73)25-27-51(67)44(23-26-52(68)50(58)38-46-39-60-42-63-46)19-16-17-29-61-54(70)41-79-36-33-76-31-18-21-48(66)40-78-35-34-77-32-30-62-53(69)28-24-45(57(74)75)37-47(65)20-14-12-10-8-6-4-2-3-5-7-9-11-13-15-22-55(71)72/h39,42-45,49-50,64H,2-38,40-41,58H2,1H3,(H2,59,73)(H,60,63)(H,61,70)(H,62,69)(H,71,72)(H,74,75)/t43-,44-,45-,49+,50+/m1/s1. The fourth-order valence-corrected chi connectivity index (χ4v) is 8.93. The summed E-state index contributed by atoms with van der Waals surface area (Å²) in [5.41, 5.74) is 12.2. The van der Waals surface area contributed by atoms with Crippen molar-refractivity contribution >= 4 is 52.8 Å². The molecule has 0 aromatic carbocycles. The highest BCUT2D eigenvalue weighted by molar-refractivity contribution is 5.86. The van der Waals surface area contributed by atoms with Crippen LogP contribution in [0.15, 0.2) is 12.5 Å². The van der Waals surface area contributed by atoms with E-state index in [0.29, 0.717) is 51.7 Å². The summed E-state index contributed by atoms with van der Waals surface area (Å²) in [6.07, 6.45) is 21.0. The molecule has 0 aliphatic heterocycles. The lowest BCUT2D eigenvalue weighted by atomic mass is 9.86. The molecule has 22 nitrogen and oxygen atoms in total. The van der Waals surface area contributed by atoms with Crippen molar-refractivity contribution < 1.29 is 77.4 Å². The quantitative estimate of drug-likeness (QED) is 0.0365. The van der Waals surface area contributed by atoms with Crippen molar-refractivity contribution in [3.63, 3.8) is 0 Å². The van der Waals surface area contributed by atoms with Crippen molar-refractivity contribution in [3.05, 3.63) is 18.2 Å². The molecule has 0 fully saturated rings. The third-order valence-electron chi connectivity index (χ3n) is 13.7. The number of aliphatic carboxylic acids is 2. The molecule has 0 saturated carbocycles. The van der Waals surface area contributed by atoms with E-state index in [9.17, 15) is 53.4 Å². The molecule has 79 heavy (non-hydrogen) atoms. The van der Waals surface area contributed by atoms with Crippen LogP contribution in [0.2, 0.25) is 0 Å². The summed E-state index contributed by atoms with van der Waals surface area (Å²) < 4.78 is 21.7. The van der Waals surface area contributed by atoms with Gasteiger partial charge < -0.3 is 61.4 Å². The first-order chi connectivity index (χ1) is 38.0. The van der Waals surface area contributed by atoms with Crippen LogP contribution in [0.1, 0.15) is 192 Å². The lowest BCUT2D eigenvalue weighted by Gasteiger charge is -2.20. The zero-order valence-corrected chi connectivity index (χ0v) is 47.4. The van der Waals surface area contributed by atoms with E-state index in [4.69, 9.17) is 35.5 Å². The van der Waals surface area contributed by atoms with Crippen molar-refractivity contribution in [2.45, 2.75) is 205 Å². The molecule has 22 heteroatoms. The maximum atomic E-state index is 13.2. The van der Waals surface area contributed by atoms with Gasteiger partial charge in [-0.3, -0.25) is 43.2 Å². The number of nitrogens with two attached hydrogens (primary N) is 2. The number of hydrogen-bond donors (Lipinski definition) is 8. The van der Waals surface area contributed by atoms with Gasteiger partial charge in [0.25, 0.3) is 0 Å². The summed E-state index contributed by atoms with van der Waals surface area (Å²) in [6.45, 7) is 3.09. The second-order valence-electron chi connectivity index (χ2n) is 20.7. The number of carboxylic acids is 2. The van der Waals surface area contributed by atoms with E-state index in [-0.39, 0.29) is 146 Å². The monoisotopic (exact) mass is 1120 g/mol. The van der Waals surface area contributed by atoms with E-state index >= 15 is 0 Å². The second-order valence-corrected chi connectivity index (χ2v) is 20.7. The minimum atomic E-state index is -1.08. The predicted octanol–water partition coefficient (Wildman–Crippen LogP) is 5.66. The topological polar surface area (TPSA) is 356 Å². The van der Waals surface area contributed by atoms with Crippen molar-refractivity contribution in [1.29, 1.82) is 0 Å². The molecule has 452 valence electrons. The van der Waals surface area contributed by atoms with E-state index in [1.54, 1.807) is 6.20 Å². The van der Waals surface area contributed by atoms with Crippen LogP contribution in [0.4, 0.5) is 0 Å². The lowest BCUT2D eigenvalue weighted by Crippen LogP contribution is -2.34. The molecule has 1 rings (SSSR count). The minimum absolute atomic E-state index is 0.0160. The fraction of sp³-hybridized carbons (Fsp3) is 0.789.